The van der Waals surface area contributed by atoms with E-state index in [1.807, 2.05) is 0 Å². The first-order chi connectivity index (χ1) is 7.10. The fraction of sp³-hybridized carbons (Fsp3) is 0.800. The maximum absolute atomic E-state index is 13.6. The molecule has 0 N–H and O–H groups in total. The SMILES string of the molecule is C=CCCCC(F)P(=O)(OCC)OCC. The molecule has 0 saturated carbocycles. The van der Waals surface area contributed by atoms with Gasteiger partial charge in [0.15, 0.2) is 0 Å². The van der Waals surface area contributed by atoms with Crippen LogP contribution in [0.2, 0.25) is 0 Å². The van der Waals surface area contributed by atoms with Crippen LogP contribution in [0.5, 0.6) is 0 Å². The molecular weight excluding hydrogens is 218 g/mol. The van der Waals surface area contributed by atoms with Crippen molar-refractivity contribution < 1.29 is 18.0 Å². The van der Waals surface area contributed by atoms with Crippen molar-refractivity contribution in [3.63, 3.8) is 0 Å². The Hall–Kier alpha value is -0.180. The van der Waals surface area contributed by atoms with E-state index in [4.69, 9.17) is 9.05 Å². The summed E-state index contributed by atoms with van der Waals surface area (Å²) in [6.45, 7) is 7.26. The molecular formula is C10H20FO3P. The van der Waals surface area contributed by atoms with Gasteiger partial charge >= 0.3 is 7.60 Å². The molecule has 1 unspecified atom stereocenters. The summed E-state index contributed by atoms with van der Waals surface area (Å²) >= 11 is 0. The molecule has 0 radical (unpaired) electrons. The largest absolute Gasteiger partial charge is 0.364 e. The van der Waals surface area contributed by atoms with Crippen LogP contribution in [0.15, 0.2) is 12.7 Å². The number of allylic oxidation sites excluding steroid dienone is 1. The molecule has 0 aromatic rings. The summed E-state index contributed by atoms with van der Waals surface area (Å²) in [5, 5.41) is 0. The highest BCUT2D eigenvalue weighted by atomic mass is 31.2. The van der Waals surface area contributed by atoms with Crippen LogP contribution in [-0.2, 0) is 13.6 Å². The van der Waals surface area contributed by atoms with Crippen molar-refractivity contribution in [2.75, 3.05) is 13.2 Å². The zero-order chi connectivity index (χ0) is 11.7. The lowest BCUT2D eigenvalue weighted by atomic mass is 10.2. The quantitative estimate of drug-likeness (QED) is 0.347. The van der Waals surface area contributed by atoms with Crippen LogP contribution in [0.3, 0.4) is 0 Å². The van der Waals surface area contributed by atoms with Gasteiger partial charge in [0.1, 0.15) is 0 Å². The van der Waals surface area contributed by atoms with Crippen molar-refractivity contribution in [2.45, 2.75) is 39.0 Å². The maximum Gasteiger partial charge on any atom is 0.364 e. The highest BCUT2D eigenvalue weighted by Crippen LogP contribution is 2.55. The molecule has 0 spiro atoms. The molecule has 0 aliphatic carbocycles. The Morgan fingerprint density at radius 1 is 1.40 bits per heavy atom. The standard InChI is InChI=1S/C10H20FO3P/c1-4-7-8-9-10(11)15(12,13-5-2)14-6-3/h4,10H,1,5-9H2,2-3H3. The highest BCUT2D eigenvalue weighted by Gasteiger charge is 2.34. The molecule has 0 rings (SSSR count). The Morgan fingerprint density at radius 2 is 1.93 bits per heavy atom. The average molecular weight is 238 g/mol. The molecule has 1 atom stereocenters. The van der Waals surface area contributed by atoms with Crippen LogP contribution >= 0.6 is 7.60 Å². The molecule has 5 heteroatoms. The summed E-state index contributed by atoms with van der Waals surface area (Å²) in [5.41, 5.74) is 0. The average Bonchev–Trinajstić information content (AvgIpc) is 2.18. The summed E-state index contributed by atoms with van der Waals surface area (Å²) in [5.74, 6) is -1.53. The molecule has 0 aliphatic rings. The third kappa shape index (κ3) is 5.45. The lowest BCUT2D eigenvalue weighted by Crippen LogP contribution is -2.08. The lowest BCUT2D eigenvalue weighted by molar-refractivity contribution is 0.186. The molecule has 0 fully saturated rings. The van der Waals surface area contributed by atoms with E-state index < -0.39 is 13.5 Å². The summed E-state index contributed by atoms with van der Waals surface area (Å²) in [6.07, 6.45) is 3.20. The molecule has 90 valence electrons. The molecule has 0 saturated heterocycles. The Kier molecular flexibility index (Phi) is 7.93. The number of hydrogen-bond acceptors (Lipinski definition) is 3. The minimum Gasteiger partial charge on any atom is -0.307 e. The van der Waals surface area contributed by atoms with E-state index in [9.17, 15) is 8.96 Å². The maximum atomic E-state index is 13.6. The second kappa shape index (κ2) is 8.03. The Morgan fingerprint density at radius 3 is 2.33 bits per heavy atom. The van der Waals surface area contributed by atoms with Crippen molar-refractivity contribution >= 4 is 7.60 Å². The minimum atomic E-state index is -3.55. The van der Waals surface area contributed by atoms with Gasteiger partial charge in [-0.2, -0.15) is 0 Å². The Bertz CT molecular complexity index is 211. The first-order valence-corrected chi connectivity index (χ1v) is 6.85. The summed E-state index contributed by atoms with van der Waals surface area (Å²) in [7, 11) is -3.55. The van der Waals surface area contributed by atoms with Gasteiger partial charge in [-0.1, -0.05) is 6.08 Å². The van der Waals surface area contributed by atoms with Crippen LogP contribution in [-0.4, -0.2) is 19.1 Å². The summed E-state index contributed by atoms with van der Waals surface area (Å²) < 4.78 is 35.3. The fourth-order valence-corrected chi connectivity index (χ4v) is 2.76. The van der Waals surface area contributed by atoms with Gasteiger partial charge in [0.25, 0.3) is 0 Å². The molecule has 0 bridgehead atoms. The van der Waals surface area contributed by atoms with Gasteiger partial charge in [0, 0.05) is 0 Å². The van der Waals surface area contributed by atoms with E-state index in [1.54, 1.807) is 19.9 Å². The molecule has 15 heavy (non-hydrogen) atoms. The van der Waals surface area contributed by atoms with Crippen LogP contribution in [0.1, 0.15) is 33.1 Å². The molecule has 0 aromatic carbocycles. The van der Waals surface area contributed by atoms with E-state index in [1.165, 1.54) is 0 Å². The number of halogens is 1. The smallest absolute Gasteiger partial charge is 0.307 e. The molecule has 3 nitrogen and oxygen atoms in total. The first-order valence-electron chi connectivity index (χ1n) is 5.24. The highest BCUT2D eigenvalue weighted by molar-refractivity contribution is 7.54. The van der Waals surface area contributed by atoms with Gasteiger partial charge in [-0.3, -0.25) is 4.57 Å². The predicted octanol–water partition coefficient (Wildman–Crippen LogP) is 3.90. The summed E-state index contributed by atoms with van der Waals surface area (Å²) in [4.78, 5) is 0. The van der Waals surface area contributed by atoms with Gasteiger partial charge in [-0.15, -0.1) is 6.58 Å². The number of rotatable bonds is 9. The number of alkyl halides is 1. The van der Waals surface area contributed by atoms with Crippen molar-refractivity contribution in [1.29, 1.82) is 0 Å². The van der Waals surface area contributed by atoms with Gasteiger partial charge < -0.3 is 9.05 Å². The van der Waals surface area contributed by atoms with Gasteiger partial charge in [0.2, 0.25) is 5.91 Å². The second-order valence-corrected chi connectivity index (χ2v) is 5.19. The lowest BCUT2D eigenvalue weighted by Gasteiger charge is -2.20. The van der Waals surface area contributed by atoms with Gasteiger partial charge in [-0.25, -0.2) is 4.39 Å². The predicted molar refractivity (Wildman–Crippen MR) is 59.8 cm³/mol. The first kappa shape index (κ1) is 14.8. The zero-order valence-corrected chi connectivity index (χ0v) is 10.3. The van der Waals surface area contributed by atoms with Crippen LogP contribution in [0, 0.1) is 0 Å². The van der Waals surface area contributed by atoms with E-state index in [0.29, 0.717) is 12.8 Å². The van der Waals surface area contributed by atoms with Crippen molar-refractivity contribution in [2.24, 2.45) is 0 Å². The minimum absolute atomic E-state index is 0.184. The monoisotopic (exact) mass is 238 g/mol. The Labute approximate surface area is 91.2 Å². The van der Waals surface area contributed by atoms with Crippen LogP contribution < -0.4 is 0 Å². The summed E-state index contributed by atoms with van der Waals surface area (Å²) in [6, 6.07) is 0. The van der Waals surface area contributed by atoms with Gasteiger partial charge in [-0.05, 0) is 33.1 Å². The van der Waals surface area contributed by atoms with E-state index >= 15 is 0 Å². The fourth-order valence-electron chi connectivity index (χ4n) is 1.15. The number of hydrogen-bond donors (Lipinski definition) is 0. The van der Waals surface area contributed by atoms with Crippen molar-refractivity contribution in [3.05, 3.63) is 12.7 Å². The van der Waals surface area contributed by atoms with Crippen molar-refractivity contribution in [1.82, 2.24) is 0 Å². The van der Waals surface area contributed by atoms with Crippen LogP contribution in [0.25, 0.3) is 0 Å². The zero-order valence-electron chi connectivity index (χ0n) is 9.45. The van der Waals surface area contributed by atoms with E-state index in [2.05, 4.69) is 6.58 Å². The van der Waals surface area contributed by atoms with Gasteiger partial charge in [0.05, 0.1) is 13.2 Å². The van der Waals surface area contributed by atoms with E-state index in [-0.39, 0.29) is 19.6 Å². The third-order valence-corrected chi connectivity index (χ3v) is 3.99. The molecule has 0 amide bonds. The third-order valence-electron chi connectivity index (χ3n) is 1.81. The topological polar surface area (TPSA) is 35.5 Å². The molecule has 0 aromatic heterocycles. The number of unbranched alkanes of at least 4 members (excludes halogenated alkanes) is 1. The Balaban J connectivity index is 4.20. The van der Waals surface area contributed by atoms with E-state index in [0.717, 1.165) is 0 Å². The second-order valence-electron chi connectivity index (χ2n) is 3.03. The van der Waals surface area contributed by atoms with Crippen LogP contribution in [0.4, 0.5) is 4.39 Å². The van der Waals surface area contributed by atoms with Crippen molar-refractivity contribution in [3.8, 4) is 0 Å². The molecule has 0 heterocycles. The molecule has 0 aliphatic heterocycles. The normalized spacial score (nSPS) is 13.8.